The molecule has 0 aliphatic heterocycles. The summed E-state index contributed by atoms with van der Waals surface area (Å²) in [6.07, 6.45) is 1.60. The van der Waals surface area contributed by atoms with Crippen molar-refractivity contribution in [3.63, 3.8) is 0 Å². The number of nitrogens with one attached hydrogen (secondary N) is 2. The fraction of sp³-hybridized carbons (Fsp3) is 0.296. The molecule has 2 amide bonds. The molecule has 2 aromatic heterocycles. The number of hydrogen-bond acceptors (Lipinski definition) is 10. The van der Waals surface area contributed by atoms with E-state index in [9.17, 15) is 14.0 Å². The average molecular weight is 601 g/mol. The van der Waals surface area contributed by atoms with Crippen LogP contribution in [-0.4, -0.2) is 57.1 Å². The number of thioether (sulfide) groups is 1. The van der Waals surface area contributed by atoms with Gasteiger partial charge in [0.1, 0.15) is 5.82 Å². The standard InChI is InChI=1S/C27H29FN6O5S2/c1-4-37-20-13-17(14-21(38-5-2)24(20)39-6-3)25(36)30-15-22-32-33-27(34(22)19-9-7-18(28)8-10-19)41-16-23(35)31-26-29-11-12-40-26/h7-14H,4-6,15-16H2,1-3H3,(H,30,36)(H,29,31,35). The van der Waals surface area contributed by atoms with Gasteiger partial charge in [-0.15, -0.1) is 21.5 Å². The van der Waals surface area contributed by atoms with Crippen LogP contribution in [0.2, 0.25) is 0 Å². The molecule has 0 radical (unpaired) electrons. The van der Waals surface area contributed by atoms with Gasteiger partial charge in [0.2, 0.25) is 11.7 Å². The third-order valence-electron chi connectivity index (χ3n) is 5.37. The molecule has 216 valence electrons. The monoisotopic (exact) mass is 600 g/mol. The molecule has 2 heterocycles. The molecular formula is C27H29FN6O5S2. The molecule has 11 nitrogen and oxygen atoms in total. The Morgan fingerprint density at radius 3 is 2.29 bits per heavy atom. The Balaban J connectivity index is 1.55. The third kappa shape index (κ3) is 7.73. The highest BCUT2D eigenvalue weighted by atomic mass is 32.2. The van der Waals surface area contributed by atoms with Crippen LogP contribution in [0.5, 0.6) is 17.2 Å². The van der Waals surface area contributed by atoms with Crippen molar-refractivity contribution in [3.05, 3.63) is 65.2 Å². The smallest absolute Gasteiger partial charge is 0.251 e. The summed E-state index contributed by atoms with van der Waals surface area (Å²) in [5, 5.41) is 16.7. The lowest BCUT2D eigenvalue weighted by Gasteiger charge is -2.17. The minimum Gasteiger partial charge on any atom is -0.490 e. The van der Waals surface area contributed by atoms with Gasteiger partial charge in [-0.2, -0.15) is 0 Å². The number of halogens is 1. The van der Waals surface area contributed by atoms with Crippen molar-refractivity contribution >= 4 is 40.0 Å². The highest BCUT2D eigenvalue weighted by Gasteiger charge is 2.21. The normalized spacial score (nSPS) is 10.7. The van der Waals surface area contributed by atoms with Crippen molar-refractivity contribution in [3.8, 4) is 22.9 Å². The Morgan fingerprint density at radius 1 is 1.00 bits per heavy atom. The van der Waals surface area contributed by atoms with E-state index < -0.39 is 11.7 Å². The summed E-state index contributed by atoms with van der Waals surface area (Å²) >= 11 is 2.46. The number of ether oxygens (including phenoxy) is 3. The van der Waals surface area contributed by atoms with Gasteiger partial charge in [-0.3, -0.25) is 14.2 Å². The van der Waals surface area contributed by atoms with Crippen LogP contribution in [0.3, 0.4) is 0 Å². The second kappa shape index (κ2) is 14.5. The number of carbonyl (C=O) groups is 2. The molecule has 0 aliphatic carbocycles. The molecule has 0 saturated carbocycles. The zero-order chi connectivity index (χ0) is 29.2. The zero-order valence-electron chi connectivity index (χ0n) is 22.7. The zero-order valence-corrected chi connectivity index (χ0v) is 24.3. The van der Waals surface area contributed by atoms with E-state index >= 15 is 0 Å². The van der Waals surface area contributed by atoms with E-state index in [1.54, 1.807) is 40.4 Å². The van der Waals surface area contributed by atoms with Crippen molar-refractivity contribution in [1.82, 2.24) is 25.1 Å². The third-order valence-corrected chi connectivity index (χ3v) is 6.99. The molecule has 0 spiro atoms. The lowest BCUT2D eigenvalue weighted by Crippen LogP contribution is -2.25. The van der Waals surface area contributed by atoms with Gasteiger partial charge in [-0.25, -0.2) is 9.37 Å². The summed E-state index contributed by atoms with van der Waals surface area (Å²) in [5.41, 5.74) is 0.878. The number of hydrogen-bond donors (Lipinski definition) is 2. The van der Waals surface area contributed by atoms with Gasteiger partial charge in [0.15, 0.2) is 27.6 Å². The molecule has 0 bridgehead atoms. The molecule has 0 atom stereocenters. The lowest BCUT2D eigenvalue weighted by atomic mass is 10.1. The minimum absolute atomic E-state index is 0.00374. The maximum atomic E-state index is 13.7. The Hall–Kier alpha value is -4.17. The second-order valence-corrected chi connectivity index (χ2v) is 10.0. The van der Waals surface area contributed by atoms with Crippen molar-refractivity contribution in [1.29, 1.82) is 0 Å². The quantitative estimate of drug-likeness (QED) is 0.198. The summed E-state index contributed by atoms with van der Waals surface area (Å²) in [4.78, 5) is 29.7. The number of anilines is 1. The molecule has 0 unspecified atom stereocenters. The van der Waals surface area contributed by atoms with E-state index in [1.807, 2.05) is 20.8 Å². The average Bonchev–Trinajstić information content (AvgIpc) is 3.62. The van der Waals surface area contributed by atoms with Crippen LogP contribution in [0.15, 0.2) is 53.1 Å². The van der Waals surface area contributed by atoms with Crippen LogP contribution in [0.25, 0.3) is 5.69 Å². The van der Waals surface area contributed by atoms with Crippen LogP contribution < -0.4 is 24.8 Å². The number of carbonyl (C=O) groups excluding carboxylic acids is 2. The topological polar surface area (TPSA) is 129 Å². The molecule has 0 saturated heterocycles. The van der Waals surface area contributed by atoms with Gasteiger partial charge >= 0.3 is 0 Å². The van der Waals surface area contributed by atoms with Gasteiger partial charge in [-0.1, -0.05) is 11.8 Å². The molecular weight excluding hydrogens is 571 g/mol. The van der Waals surface area contributed by atoms with Crippen molar-refractivity contribution in [2.24, 2.45) is 0 Å². The highest BCUT2D eigenvalue weighted by molar-refractivity contribution is 7.99. The number of rotatable bonds is 14. The number of amides is 2. The summed E-state index contributed by atoms with van der Waals surface area (Å²) < 4.78 is 32.5. The molecule has 0 fully saturated rings. The van der Waals surface area contributed by atoms with E-state index in [0.717, 1.165) is 11.8 Å². The summed E-state index contributed by atoms with van der Waals surface area (Å²) in [6, 6.07) is 8.95. The van der Waals surface area contributed by atoms with Crippen LogP contribution >= 0.6 is 23.1 Å². The first-order valence-corrected chi connectivity index (χ1v) is 14.7. The van der Waals surface area contributed by atoms with Gasteiger partial charge < -0.3 is 24.8 Å². The largest absolute Gasteiger partial charge is 0.490 e. The van der Waals surface area contributed by atoms with Crippen molar-refractivity contribution in [2.45, 2.75) is 32.5 Å². The Bertz CT molecular complexity index is 1440. The first-order valence-electron chi connectivity index (χ1n) is 12.8. The Morgan fingerprint density at radius 2 is 1.68 bits per heavy atom. The predicted molar refractivity (Wildman–Crippen MR) is 154 cm³/mol. The maximum absolute atomic E-state index is 13.7. The van der Waals surface area contributed by atoms with Gasteiger partial charge in [0.25, 0.3) is 5.91 Å². The summed E-state index contributed by atoms with van der Waals surface area (Å²) in [7, 11) is 0. The van der Waals surface area contributed by atoms with Crippen molar-refractivity contribution < 1.29 is 28.2 Å². The van der Waals surface area contributed by atoms with E-state index in [-0.39, 0.29) is 18.2 Å². The SMILES string of the molecule is CCOc1cc(C(=O)NCc2nnc(SCC(=O)Nc3nccs3)n2-c2ccc(F)cc2)cc(OCC)c1OCC. The second-order valence-electron chi connectivity index (χ2n) is 8.17. The summed E-state index contributed by atoms with van der Waals surface area (Å²) in [5.74, 6) is 0.583. The van der Waals surface area contributed by atoms with E-state index in [1.165, 1.54) is 23.5 Å². The molecule has 14 heteroatoms. The Kier molecular flexibility index (Phi) is 10.5. The van der Waals surface area contributed by atoms with E-state index in [4.69, 9.17) is 14.2 Å². The molecule has 4 rings (SSSR count). The maximum Gasteiger partial charge on any atom is 0.251 e. The number of thiazole rings is 1. The number of benzene rings is 2. The fourth-order valence-electron chi connectivity index (χ4n) is 3.71. The van der Waals surface area contributed by atoms with Crippen LogP contribution in [0.4, 0.5) is 9.52 Å². The van der Waals surface area contributed by atoms with E-state index in [2.05, 4.69) is 25.8 Å². The van der Waals surface area contributed by atoms with Crippen molar-refractivity contribution in [2.75, 3.05) is 30.9 Å². The highest BCUT2D eigenvalue weighted by Crippen LogP contribution is 2.39. The van der Waals surface area contributed by atoms with Gasteiger partial charge in [0, 0.05) is 22.8 Å². The van der Waals surface area contributed by atoms with E-state index in [0.29, 0.717) is 64.4 Å². The van der Waals surface area contributed by atoms with Crippen LogP contribution in [0, 0.1) is 5.82 Å². The minimum atomic E-state index is -0.403. The molecule has 2 N–H and O–H groups in total. The van der Waals surface area contributed by atoms with Crippen LogP contribution in [-0.2, 0) is 11.3 Å². The number of aromatic nitrogens is 4. The predicted octanol–water partition coefficient (Wildman–Crippen LogP) is 4.72. The Labute approximate surface area is 244 Å². The first kappa shape index (κ1) is 29.8. The molecule has 0 aliphatic rings. The number of nitrogens with zero attached hydrogens (tertiary/aromatic N) is 4. The van der Waals surface area contributed by atoms with Crippen LogP contribution in [0.1, 0.15) is 37.0 Å². The summed E-state index contributed by atoms with van der Waals surface area (Å²) in [6.45, 7) is 6.67. The molecule has 4 aromatic rings. The first-order chi connectivity index (χ1) is 19.9. The lowest BCUT2D eigenvalue weighted by molar-refractivity contribution is -0.113. The molecule has 2 aromatic carbocycles. The fourth-order valence-corrected chi connectivity index (χ4v) is 5.03. The van der Waals surface area contributed by atoms with Gasteiger partial charge in [-0.05, 0) is 57.2 Å². The molecule has 41 heavy (non-hydrogen) atoms. The van der Waals surface area contributed by atoms with Gasteiger partial charge in [0.05, 0.1) is 32.1 Å².